The summed E-state index contributed by atoms with van der Waals surface area (Å²) in [6, 6.07) is 0. The summed E-state index contributed by atoms with van der Waals surface area (Å²) in [5, 5.41) is 10.2. The molecule has 0 aliphatic rings. The highest BCUT2D eigenvalue weighted by Gasteiger charge is 2.37. The van der Waals surface area contributed by atoms with E-state index in [1.807, 2.05) is 20.8 Å². The van der Waals surface area contributed by atoms with Gasteiger partial charge in [0.05, 0.1) is 12.7 Å². The molecule has 22 heavy (non-hydrogen) atoms. The van der Waals surface area contributed by atoms with Crippen molar-refractivity contribution < 1.29 is 19.1 Å². The predicted molar refractivity (Wildman–Crippen MR) is 92.6 cm³/mol. The fraction of sp³-hybridized carbons (Fsp3) is 0.938. The lowest BCUT2D eigenvalue weighted by Gasteiger charge is -2.36. The summed E-state index contributed by atoms with van der Waals surface area (Å²) in [6.45, 7) is 17.1. The van der Waals surface area contributed by atoms with Crippen LogP contribution in [0.15, 0.2) is 0 Å². The maximum Gasteiger partial charge on any atom is 0.410 e. The van der Waals surface area contributed by atoms with Gasteiger partial charge in [-0.15, -0.1) is 0 Å². The first kappa shape index (κ1) is 21.4. The molecule has 0 aliphatic heterocycles. The van der Waals surface area contributed by atoms with E-state index in [2.05, 4.69) is 33.9 Å². The normalized spacial score (nSPS) is 14.6. The summed E-state index contributed by atoms with van der Waals surface area (Å²) < 4.78 is 11.3. The van der Waals surface area contributed by atoms with Gasteiger partial charge < -0.3 is 19.2 Å². The summed E-state index contributed by atoms with van der Waals surface area (Å²) in [6.07, 6.45) is -0.464. The number of ether oxygens (including phenoxy) is 1. The van der Waals surface area contributed by atoms with Crippen molar-refractivity contribution in [2.45, 2.75) is 77.8 Å². The van der Waals surface area contributed by atoms with Crippen LogP contribution in [0.25, 0.3) is 0 Å². The summed E-state index contributed by atoms with van der Waals surface area (Å²) in [5.41, 5.74) is -0.505. The van der Waals surface area contributed by atoms with Crippen LogP contribution in [0.5, 0.6) is 0 Å². The minimum absolute atomic E-state index is 0.125. The molecule has 6 heteroatoms. The van der Waals surface area contributed by atoms with Gasteiger partial charge in [-0.3, -0.25) is 0 Å². The van der Waals surface area contributed by atoms with Gasteiger partial charge in [-0.2, -0.15) is 0 Å². The van der Waals surface area contributed by atoms with E-state index < -0.39 is 20.0 Å². The number of carbonyl (C=O) groups is 1. The fourth-order valence-electron chi connectivity index (χ4n) is 1.38. The third-order valence-corrected chi connectivity index (χ3v) is 8.45. The molecule has 5 nitrogen and oxygen atoms in total. The zero-order valence-electron chi connectivity index (χ0n) is 15.8. The van der Waals surface area contributed by atoms with Crippen molar-refractivity contribution in [3.05, 3.63) is 0 Å². The molecule has 0 rings (SSSR count). The largest absolute Gasteiger partial charge is 0.444 e. The van der Waals surface area contributed by atoms with E-state index in [9.17, 15) is 9.90 Å². The lowest BCUT2D eigenvalue weighted by molar-refractivity contribution is 0.0252. The second kappa shape index (κ2) is 7.79. The minimum Gasteiger partial charge on any atom is -0.444 e. The van der Waals surface area contributed by atoms with Crippen LogP contribution in [0.1, 0.15) is 48.0 Å². The van der Waals surface area contributed by atoms with Gasteiger partial charge in [0.2, 0.25) is 0 Å². The van der Waals surface area contributed by atoms with Crippen LogP contribution in [0.2, 0.25) is 18.1 Å². The molecule has 0 spiro atoms. The molecule has 0 aromatic rings. The summed E-state index contributed by atoms with van der Waals surface area (Å²) >= 11 is 0. The number of hydrogen-bond acceptors (Lipinski definition) is 4. The fourth-order valence-corrected chi connectivity index (χ4v) is 2.42. The first-order chi connectivity index (χ1) is 9.66. The Morgan fingerprint density at radius 2 is 1.68 bits per heavy atom. The molecule has 1 amide bonds. The highest BCUT2D eigenvalue weighted by molar-refractivity contribution is 6.74. The quantitative estimate of drug-likeness (QED) is 0.754. The molecule has 0 aromatic carbocycles. The van der Waals surface area contributed by atoms with Gasteiger partial charge in [-0.05, 0) is 45.3 Å². The number of carbonyl (C=O) groups excluding carboxylic acids is 1. The molecule has 0 saturated heterocycles. The third kappa shape index (κ3) is 8.15. The van der Waals surface area contributed by atoms with Gasteiger partial charge in [0.25, 0.3) is 0 Å². The molecule has 0 heterocycles. The van der Waals surface area contributed by atoms with Crippen molar-refractivity contribution in [1.82, 2.24) is 4.90 Å². The van der Waals surface area contributed by atoms with Crippen LogP contribution in [0, 0.1) is 0 Å². The summed E-state index contributed by atoms with van der Waals surface area (Å²) in [4.78, 5) is 13.3. The van der Waals surface area contributed by atoms with Crippen LogP contribution >= 0.6 is 0 Å². The second-order valence-corrected chi connectivity index (χ2v) is 13.2. The number of aliphatic hydroxyl groups is 1. The van der Waals surface area contributed by atoms with E-state index in [0.717, 1.165) is 0 Å². The zero-order chi connectivity index (χ0) is 17.8. The Hall–Kier alpha value is -0.593. The highest BCUT2D eigenvalue weighted by atomic mass is 28.4. The van der Waals surface area contributed by atoms with Gasteiger partial charge in [0.15, 0.2) is 8.32 Å². The lowest BCUT2D eigenvalue weighted by Crippen LogP contribution is -2.43. The average Bonchev–Trinajstić information content (AvgIpc) is 2.29. The van der Waals surface area contributed by atoms with Crippen molar-refractivity contribution in [3.8, 4) is 0 Å². The second-order valence-electron chi connectivity index (χ2n) is 8.42. The van der Waals surface area contributed by atoms with E-state index in [0.29, 0.717) is 19.6 Å². The SMILES string of the molecule is CN(CCC(O)CO[Si](C)(C)C(C)(C)C)C(=O)OC(C)(C)C. The zero-order valence-corrected chi connectivity index (χ0v) is 16.8. The van der Waals surface area contributed by atoms with Gasteiger partial charge >= 0.3 is 6.09 Å². The molecule has 1 unspecified atom stereocenters. The molecule has 0 radical (unpaired) electrons. The first-order valence-electron chi connectivity index (χ1n) is 7.92. The molecular weight excluding hydrogens is 298 g/mol. The van der Waals surface area contributed by atoms with Gasteiger partial charge in [0.1, 0.15) is 5.60 Å². The average molecular weight is 334 g/mol. The van der Waals surface area contributed by atoms with Crippen molar-refractivity contribution in [3.63, 3.8) is 0 Å². The van der Waals surface area contributed by atoms with Crippen molar-refractivity contribution in [2.75, 3.05) is 20.2 Å². The van der Waals surface area contributed by atoms with Gasteiger partial charge in [-0.1, -0.05) is 20.8 Å². The van der Waals surface area contributed by atoms with E-state index in [4.69, 9.17) is 9.16 Å². The Morgan fingerprint density at radius 3 is 2.09 bits per heavy atom. The molecule has 132 valence electrons. The van der Waals surface area contributed by atoms with Crippen LogP contribution in [-0.4, -0.2) is 56.3 Å². The van der Waals surface area contributed by atoms with E-state index in [-0.39, 0.29) is 11.1 Å². The summed E-state index contributed by atoms with van der Waals surface area (Å²) in [7, 11) is -0.167. The molecule has 1 atom stereocenters. The molecule has 0 saturated carbocycles. The Morgan fingerprint density at radius 1 is 1.18 bits per heavy atom. The van der Waals surface area contributed by atoms with Crippen molar-refractivity contribution in [2.24, 2.45) is 0 Å². The molecule has 1 N–H and O–H groups in total. The lowest BCUT2D eigenvalue weighted by atomic mass is 10.2. The Bertz CT molecular complexity index is 358. The smallest absolute Gasteiger partial charge is 0.410 e. The van der Waals surface area contributed by atoms with Crippen molar-refractivity contribution in [1.29, 1.82) is 0 Å². The topological polar surface area (TPSA) is 59.0 Å². The molecular formula is C16H35NO4Si. The number of hydrogen-bond donors (Lipinski definition) is 1. The van der Waals surface area contributed by atoms with Gasteiger partial charge in [-0.25, -0.2) is 4.79 Å². The van der Waals surface area contributed by atoms with Crippen LogP contribution in [-0.2, 0) is 9.16 Å². The van der Waals surface area contributed by atoms with Gasteiger partial charge in [0, 0.05) is 13.6 Å². The number of nitrogens with zero attached hydrogens (tertiary/aromatic N) is 1. The number of aliphatic hydroxyl groups excluding tert-OH is 1. The first-order valence-corrected chi connectivity index (χ1v) is 10.8. The van der Waals surface area contributed by atoms with E-state index in [1.54, 1.807) is 7.05 Å². The van der Waals surface area contributed by atoms with Crippen LogP contribution in [0.3, 0.4) is 0 Å². The standard InChI is InChI=1S/C16H35NO4Si/c1-15(2,3)21-14(19)17(7)11-10-13(18)12-20-22(8,9)16(4,5)6/h13,18H,10-12H2,1-9H3. The van der Waals surface area contributed by atoms with Crippen LogP contribution in [0.4, 0.5) is 4.79 Å². The number of rotatable bonds is 6. The maximum atomic E-state index is 11.8. The highest BCUT2D eigenvalue weighted by Crippen LogP contribution is 2.36. The maximum absolute atomic E-state index is 11.8. The molecule has 0 fully saturated rings. The molecule has 0 aliphatic carbocycles. The minimum atomic E-state index is -1.84. The van der Waals surface area contributed by atoms with Crippen LogP contribution < -0.4 is 0 Å². The monoisotopic (exact) mass is 333 g/mol. The number of amides is 1. The summed E-state index contributed by atoms with van der Waals surface area (Å²) in [5.74, 6) is 0. The Labute approximate surface area is 137 Å². The molecule has 0 aromatic heterocycles. The predicted octanol–water partition coefficient (Wildman–Crippen LogP) is 3.63. The van der Waals surface area contributed by atoms with Crippen molar-refractivity contribution >= 4 is 14.4 Å². The van der Waals surface area contributed by atoms with E-state index >= 15 is 0 Å². The Kier molecular flexibility index (Phi) is 7.58. The third-order valence-electron chi connectivity index (χ3n) is 3.95. The molecule has 0 bridgehead atoms. The Balaban J connectivity index is 4.19. The van der Waals surface area contributed by atoms with E-state index in [1.165, 1.54) is 4.90 Å².